The molecule has 0 aromatic heterocycles. The summed E-state index contributed by atoms with van der Waals surface area (Å²) in [6.07, 6.45) is 9.09. The first kappa shape index (κ1) is 14.4. The maximum absolute atomic E-state index is 13.5. The standard InChI is InChI=1S/C16H23F2N/c17-15-8-4-7-13(16(15)18)11-14(19)10-9-12-5-2-1-3-6-12/h4,7-8,12,14H,1-3,5-6,9-11,19H2. The van der Waals surface area contributed by atoms with Gasteiger partial charge in [0.25, 0.3) is 0 Å². The SMILES string of the molecule is NC(CCC1CCCCC1)Cc1cccc(F)c1F. The third-order valence-electron chi connectivity index (χ3n) is 4.18. The first-order valence-electron chi connectivity index (χ1n) is 7.35. The minimum Gasteiger partial charge on any atom is -0.327 e. The number of nitrogens with two attached hydrogens (primary N) is 1. The Morgan fingerprint density at radius 1 is 1.16 bits per heavy atom. The Labute approximate surface area is 114 Å². The van der Waals surface area contributed by atoms with Crippen molar-refractivity contribution in [3.63, 3.8) is 0 Å². The van der Waals surface area contributed by atoms with Crippen molar-refractivity contribution in [1.29, 1.82) is 0 Å². The molecule has 0 aliphatic heterocycles. The molecule has 0 bridgehead atoms. The van der Waals surface area contributed by atoms with E-state index >= 15 is 0 Å². The second-order valence-corrected chi connectivity index (χ2v) is 5.76. The molecule has 3 heteroatoms. The number of hydrogen-bond acceptors (Lipinski definition) is 1. The van der Waals surface area contributed by atoms with E-state index < -0.39 is 11.6 Å². The molecule has 106 valence electrons. The van der Waals surface area contributed by atoms with E-state index in [2.05, 4.69) is 0 Å². The minimum absolute atomic E-state index is 0.0711. The van der Waals surface area contributed by atoms with Crippen LogP contribution >= 0.6 is 0 Å². The van der Waals surface area contributed by atoms with Crippen LogP contribution in [0, 0.1) is 17.6 Å². The molecule has 1 aromatic carbocycles. The van der Waals surface area contributed by atoms with Crippen molar-refractivity contribution in [3.8, 4) is 0 Å². The number of benzene rings is 1. The lowest BCUT2D eigenvalue weighted by atomic mass is 9.85. The highest BCUT2D eigenvalue weighted by atomic mass is 19.2. The Hall–Kier alpha value is -0.960. The first-order valence-corrected chi connectivity index (χ1v) is 7.35. The average Bonchev–Trinajstić information content (AvgIpc) is 2.43. The van der Waals surface area contributed by atoms with Gasteiger partial charge in [-0.2, -0.15) is 0 Å². The summed E-state index contributed by atoms with van der Waals surface area (Å²) in [7, 11) is 0. The Balaban J connectivity index is 1.80. The minimum atomic E-state index is -0.781. The monoisotopic (exact) mass is 267 g/mol. The molecule has 0 amide bonds. The van der Waals surface area contributed by atoms with Gasteiger partial charge in [0.1, 0.15) is 0 Å². The van der Waals surface area contributed by atoms with Crippen molar-refractivity contribution in [2.75, 3.05) is 0 Å². The van der Waals surface area contributed by atoms with Crippen molar-refractivity contribution < 1.29 is 8.78 Å². The molecule has 1 atom stereocenters. The van der Waals surface area contributed by atoms with E-state index in [4.69, 9.17) is 5.73 Å². The van der Waals surface area contributed by atoms with Crippen molar-refractivity contribution in [3.05, 3.63) is 35.4 Å². The van der Waals surface area contributed by atoms with Gasteiger partial charge < -0.3 is 5.73 Å². The van der Waals surface area contributed by atoms with Gasteiger partial charge in [0.15, 0.2) is 11.6 Å². The summed E-state index contributed by atoms with van der Waals surface area (Å²) < 4.78 is 26.6. The Morgan fingerprint density at radius 3 is 2.63 bits per heavy atom. The molecule has 0 radical (unpaired) electrons. The van der Waals surface area contributed by atoms with Crippen LogP contribution in [-0.2, 0) is 6.42 Å². The van der Waals surface area contributed by atoms with Gasteiger partial charge in [0.05, 0.1) is 0 Å². The van der Waals surface area contributed by atoms with E-state index in [1.54, 1.807) is 12.1 Å². The van der Waals surface area contributed by atoms with E-state index in [9.17, 15) is 8.78 Å². The van der Waals surface area contributed by atoms with Crippen molar-refractivity contribution >= 4 is 0 Å². The van der Waals surface area contributed by atoms with Gasteiger partial charge in [-0.05, 0) is 36.8 Å². The molecule has 1 unspecified atom stereocenters. The number of rotatable bonds is 5. The predicted octanol–water partition coefficient (Wildman–Crippen LogP) is 4.20. The largest absolute Gasteiger partial charge is 0.327 e. The van der Waals surface area contributed by atoms with E-state index in [0.29, 0.717) is 12.0 Å². The predicted molar refractivity (Wildman–Crippen MR) is 73.8 cm³/mol. The molecule has 2 rings (SSSR count). The molecule has 1 saturated carbocycles. The number of halogens is 2. The van der Waals surface area contributed by atoms with Crippen LogP contribution in [-0.4, -0.2) is 6.04 Å². The highest BCUT2D eigenvalue weighted by molar-refractivity contribution is 5.19. The molecular formula is C16H23F2N. The second kappa shape index (κ2) is 6.99. The summed E-state index contributed by atoms with van der Waals surface area (Å²) in [5.74, 6) is -0.732. The summed E-state index contributed by atoms with van der Waals surface area (Å²) in [5, 5.41) is 0. The Kier molecular flexibility index (Phi) is 5.32. The van der Waals surface area contributed by atoms with Crippen LogP contribution in [0.3, 0.4) is 0 Å². The fourth-order valence-electron chi connectivity index (χ4n) is 3.02. The normalized spacial score (nSPS) is 18.5. The molecule has 2 N–H and O–H groups in total. The van der Waals surface area contributed by atoms with Gasteiger partial charge in [0, 0.05) is 6.04 Å². The molecular weight excluding hydrogens is 244 g/mol. The van der Waals surface area contributed by atoms with Crippen LogP contribution in [0.25, 0.3) is 0 Å². The molecule has 1 aliphatic carbocycles. The van der Waals surface area contributed by atoms with Crippen LogP contribution in [0.15, 0.2) is 18.2 Å². The topological polar surface area (TPSA) is 26.0 Å². The van der Waals surface area contributed by atoms with Gasteiger partial charge in [0.2, 0.25) is 0 Å². The smallest absolute Gasteiger partial charge is 0.162 e. The lowest BCUT2D eigenvalue weighted by Gasteiger charge is -2.23. The van der Waals surface area contributed by atoms with Crippen LogP contribution in [0.4, 0.5) is 8.78 Å². The molecule has 1 aromatic rings. The van der Waals surface area contributed by atoms with E-state index in [-0.39, 0.29) is 6.04 Å². The van der Waals surface area contributed by atoms with E-state index in [1.165, 1.54) is 32.1 Å². The number of hydrogen-bond donors (Lipinski definition) is 1. The third kappa shape index (κ3) is 4.27. The lowest BCUT2D eigenvalue weighted by molar-refractivity contribution is 0.322. The zero-order valence-corrected chi connectivity index (χ0v) is 11.4. The average molecular weight is 267 g/mol. The van der Waals surface area contributed by atoms with Gasteiger partial charge in [-0.15, -0.1) is 0 Å². The van der Waals surface area contributed by atoms with Crippen molar-refractivity contribution in [2.45, 2.75) is 57.4 Å². The highest BCUT2D eigenvalue weighted by Gasteiger charge is 2.16. The molecule has 1 fully saturated rings. The van der Waals surface area contributed by atoms with Crippen LogP contribution in [0.5, 0.6) is 0 Å². The molecule has 0 saturated heterocycles. The summed E-state index contributed by atoms with van der Waals surface area (Å²) in [4.78, 5) is 0. The molecule has 0 heterocycles. The van der Waals surface area contributed by atoms with Gasteiger partial charge in [-0.3, -0.25) is 0 Å². The summed E-state index contributed by atoms with van der Waals surface area (Å²) in [5.41, 5.74) is 6.45. The summed E-state index contributed by atoms with van der Waals surface area (Å²) in [6.45, 7) is 0. The van der Waals surface area contributed by atoms with Crippen LogP contribution in [0.1, 0.15) is 50.5 Å². The van der Waals surface area contributed by atoms with Crippen LogP contribution < -0.4 is 5.73 Å². The Morgan fingerprint density at radius 2 is 1.89 bits per heavy atom. The van der Waals surface area contributed by atoms with Gasteiger partial charge in [-0.25, -0.2) is 8.78 Å². The molecule has 19 heavy (non-hydrogen) atoms. The fraction of sp³-hybridized carbons (Fsp3) is 0.625. The zero-order valence-electron chi connectivity index (χ0n) is 11.4. The van der Waals surface area contributed by atoms with Crippen molar-refractivity contribution in [2.24, 2.45) is 11.7 Å². The lowest BCUT2D eigenvalue weighted by Crippen LogP contribution is -2.24. The van der Waals surface area contributed by atoms with Crippen LogP contribution in [0.2, 0.25) is 0 Å². The maximum atomic E-state index is 13.5. The second-order valence-electron chi connectivity index (χ2n) is 5.76. The van der Waals surface area contributed by atoms with Gasteiger partial charge in [-0.1, -0.05) is 44.2 Å². The first-order chi connectivity index (χ1) is 9.16. The zero-order chi connectivity index (χ0) is 13.7. The molecule has 1 aliphatic rings. The summed E-state index contributed by atoms with van der Waals surface area (Å²) in [6, 6.07) is 4.24. The molecule has 1 nitrogen and oxygen atoms in total. The van der Waals surface area contributed by atoms with Crippen molar-refractivity contribution in [1.82, 2.24) is 0 Å². The highest BCUT2D eigenvalue weighted by Crippen LogP contribution is 2.28. The Bertz CT molecular complexity index is 400. The van der Waals surface area contributed by atoms with E-state index in [0.717, 1.165) is 24.8 Å². The van der Waals surface area contributed by atoms with Gasteiger partial charge >= 0.3 is 0 Å². The van der Waals surface area contributed by atoms with E-state index in [1.807, 2.05) is 0 Å². The third-order valence-corrected chi connectivity index (χ3v) is 4.18. The quantitative estimate of drug-likeness (QED) is 0.850. The molecule has 0 spiro atoms. The maximum Gasteiger partial charge on any atom is 0.162 e. The fourth-order valence-corrected chi connectivity index (χ4v) is 3.02. The summed E-state index contributed by atoms with van der Waals surface area (Å²) >= 11 is 0.